The van der Waals surface area contributed by atoms with Crippen molar-refractivity contribution in [2.45, 2.75) is 19.4 Å². The second-order valence-corrected chi connectivity index (χ2v) is 6.31. The molecule has 6 heteroatoms. The van der Waals surface area contributed by atoms with Crippen molar-refractivity contribution in [1.29, 1.82) is 0 Å². The number of fused-ring (bicyclic) bond motifs is 1. The van der Waals surface area contributed by atoms with E-state index in [1.54, 1.807) is 7.11 Å². The summed E-state index contributed by atoms with van der Waals surface area (Å²) in [7, 11) is 1.66. The molecule has 2 aliphatic rings. The van der Waals surface area contributed by atoms with Gasteiger partial charge < -0.3 is 19.4 Å². The molecule has 0 spiro atoms. The van der Waals surface area contributed by atoms with Crippen LogP contribution in [0.25, 0.3) is 11.4 Å². The van der Waals surface area contributed by atoms with Gasteiger partial charge in [-0.25, -0.2) is 4.98 Å². The lowest BCUT2D eigenvalue weighted by atomic mass is 10.0. The molecule has 4 rings (SSSR count). The Morgan fingerprint density at radius 2 is 2.38 bits per heavy atom. The van der Waals surface area contributed by atoms with Gasteiger partial charge in [-0.05, 0) is 18.6 Å². The van der Waals surface area contributed by atoms with Crippen LogP contribution in [0.5, 0.6) is 5.75 Å². The monoisotopic (exact) mass is 327 g/mol. The molecule has 1 aromatic heterocycles. The number of hydrogen-bond acceptors (Lipinski definition) is 4. The zero-order chi connectivity index (χ0) is 16.5. The van der Waals surface area contributed by atoms with Crippen LogP contribution in [0.4, 0.5) is 0 Å². The Labute approximate surface area is 140 Å². The lowest BCUT2D eigenvalue weighted by Crippen LogP contribution is -2.40. The minimum absolute atomic E-state index is 0.0207. The Bertz CT molecular complexity index is 750. The van der Waals surface area contributed by atoms with Crippen LogP contribution in [0, 0.1) is 5.92 Å². The van der Waals surface area contributed by atoms with Crippen molar-refractivity contribution in [3.63, 3.8) is 0 Å². The number of nitrogens with zero attached hydrogens (tertiary/aromatic N) is 2. The summed E-state index contributed by atoms with van der Waals surface area (Å²) in [5.41, 5.74) is 3.08. The molecule has 126 valence electrons. The van der Waals surface area contributed by atoms with Gasteiger partial charge in [0.25, 0.3) is 0 Å². The largest absolute Gasteiger partial charge is 0.497 e. The molecule has 0 bridgehead atoms. The first-order chi connectivity index (χ1) is 11.7. The molecular formula is C18H21N3O3. The minimum Gasteiger partial charge on any atom is -0.497 e. The SMILES string of the molecule is COc1cccc(-c2nc3c([nH]2)CN(C(=O)[C@@H]2CCOC2)CC3)c1. The van der Waals surface area contributed by atoms with E-state index in [-0.39, 0.29) is 11.8 Å². The highest BCUT2D eigenvalue weighted by Crippen LogP contribution is 2.26. The minimum atomic E-state index is 0.0207. The zero-order valence-electron chi connectivity index (χ0n) is 13.7. The number of carbonyl (C=O) groups is 1. The summed E-state index contributed by atoms with van der Waals surface area (Å²) in [4.78, 5) is 22.6. The van der Waals surface area contributed by atoms with Crippen molar-refractivity contribution in [2.24, 2.45) is 5.92 Å². The fourth-order valence-electron chi connectivity index (χ4n) is 3.38. The van der Waals surface area contributed by atoms with Crippen LogP contribution >= 0.6 is 0 Å². The van der Waals surface area contributed by atoms with Crippen molar-refractivity contribution in [2.75, 3.05) is 26.9 Å². The Morgan fingerprint density at radius 3 is 3.17 bits per heavy atom. The van der Waals surface area contributed by atoms with Crippen molar-refractivity contribution in [1.82, 2.24) is 14.9 Å². The molecule has 2 aromatic rings. The normalized spacial score (nSPS) is 20.0. The maximum absolute atomic E-state index is 12.6. The maximum atomic E-state index is 12.6. The molecule has 2 aliphatic heterocycles. The van der Waals surface area contributed by atoms with E-state index in [2.05, 4.69) is 4.98 Å². The van der Waals surface area contributed by atoms with Gasteiger partial charge in [0.05, 0.1) is 37.6 Å². The van der Waals surface area contributed by atoms with Gasteiger partial charge in [0.1, 0.15) is 11.6 Å². The van der Waals surface area contributed by atoms with Gasteiger partial charge >= 0.3 is 0 Å². The Morgan fingerprint density at radius 1 is 1.46 bits per heavy atom. The second kappa shape index (κ2) is 6.28. The number of nitrogens with one attached hydrogen (secondary N) is 1. The van der Waals surface area contributed by atoms with Gasteiger partial charge in [-0.1, -0.05) is 12.1 Å². The van der Waals surface area contributed by atoms with Crippen LogP contribution in [0.15, 0.2) is 24.3 Å². The summed E-state index contributed by atoms with van der Waals surface area (Å²) in [5, 5.41) is 0. The van der Waals surface area contributed by atoms with Gasteiger partial charge in [0, 0.05) is 25.1 Å². The summed E-state index contributed by atoms with van der Waals surface area (Å²) in [6.07, 6.45) is 1.62. The first-order valence-electron chi connectivity index (χ1n) is 8.33. The summed E-state index contributed by atoms with van der Waals surface area (Å²) >= 11 is 0. The third-order valence-electron chi connectivity index (χ3n) is 4.77. The first kappa shape index (κ1) is 15.2. The van der Waals surface area contributed by atoms with E-state index >= 15 is 0 Å². The lowest BCUT2D eigenvalue weighted by Gasteiger charge is -2.28. The molecule has 0 unspecified atom stereocenters. The van der Waals surface area contributed by atoms with Crippen LogP contribution in [0.1, 0.15) is 17.8 Å². The lowest BCUT2D eigenvalue weighted by molar-refractivity contribution is -0.136. The van der Waals surface area contributed by atoms with Gasteiger partial charge in [-0.2, -0.15) is 0 Å². The number of methoxy groups -OCH3 is 1. The molecule has 1 aromatic carbocycles. The molecule has 1 N–H and O–H groups in total. The fraction of sp³-hybridized carbons (Fsp3) is 0.444. The fourth-order valence-corrected chi connectivity index (χ4v) is 3.38. The maximum Gasteiger partial charge on any atom is 0.228 e. The van der Waals surface area contributed by atoms with Crippen LogP contribution in [0.2, 0.25) is 0 Å². The molecule has 1 fully saturated rings. The predicted octanol–water partition coefficient (Wildman–Crippen LogP) is 2.01. The summed E-state index contributed by atoms with van der Waals surface area (Å²) in [6, 6.07) is 7.83. The standard InChI is InChI=1S/C18H21N3O3/c1-23-14-4-2-3-12(9-14)17-19-15-5-7-21(10-16(15)20-17)18(22)13-6-8-24-11-13/h2-4,9,13H,5-8,10-11H2,1H3,(H,19,20)/t13-/m1/s1. The number of carbonyl (C=O) groups excluding carboxylic acids is 1. The summed E-state index contributed by atoms with van der Waals surface area (Å²) in [5.74, 6) is 1.86. The van der Waals surface area contributed by atoms with E-state index in [9.17, 15) is 4.79 Å². The molecule has 3 heterocycles. The van der Waals surface area contributed by atoms with E-state index in [1.165, 1.54) is 0 Å². The highest BCUT2D eigenvalue weighted by atomic mass is 16.5. The molecule has 0 aliphatic carbocycles. The van der Waals surface area contributed by atoms with Gasteiger partial charge in [0.15, 0.2) is 0 Å². The molecule has 1 atom stereocenters. The average molecular weight is 327 g/mol. The molecule has 1 saturated heterocycles. The molecule has 0 radical (unpaired) electrons. The molecular weight excluding hydrogens is 306 g/mol. The quantitative estimate of drug-likeness (QED) is 0.936. The number of ether oxygens (including phenoxy) is 2. The molecule has 0 saturated carbocycles. The number of hydrogen-bond donors (Lipinski definition) is 1. The van der Waals surface area contributed by atoms with Gasteiger partial charge in [-0.15, -0.1) is 0 Å². The van der Waals surface area contributed by atoms with Gasteiger partial charge in [0.2, 0.25) is 5.91 Å². The zero-order valence-corrected chi connectivity index (χ0v) is 13.7. The number of aromatic amines is 1. The third kappa shape index (κ3) is 2.78. The van der Waals surface area contributed by atoms with Gasteiger partial charge in [-0.3, -0.25) is 4.79 Å². The highest BCUT2D eigenvalue weighted by molar-refractivity contribution is 5.79. The van der Waals surface area contributed by atoms with Crippen molar-refractivity contribution >= 4 is 5.91 Å². The van der Waals surface area contributed by atoms with Crippen molar-refractivity contribution in [3.05, 3.63) is 35.7 Å². The number of imidazole rings is 1. The second-order valence-electron chi connectivity index (χ2n) is 6.31. The summed E-state index contributed by atoms with van der Waals surface area (Å²) < 4.78 is 10.6. The molecule has 1 amide bonds. The van der Waals surface area contributed by atoms with Crippen molar-refractivity contribution in [3.8, 4) is 17.1 Å². The van der Waals surface area contributed by atoms with Crippen molar-refractivity contribution < 1.29 is 14.3 Å². The van der Waals surface area contributed by atoms with Crippen LogP contribution in [-0.2, 0) is 22.5 Å². The van der Waals surface area contributed by atoms with E-state index in [0.29, 0.717) is 19.8 Å². The van der Waals surface area contributed by atoms with Crippen LogP contribution in [0.3, 0.4) is 0 Å². The average Bonchev–Trinajstić information content (AvgIpc) is 3.30. The highest BCUT2D eigenvalue weighted by Gasteiger charge is 2.31. The predicted molar refractivity (Wildman–Crippen MR) is 88.6 cm³/mol. The molecule has 6 nitrogen and oxygen atoms in total. The smallest absolute Gasteiger partial charge is 0.228 e. The Hall–Kier alpha value is -2.34. The number of amides is 1. The Kier molecular flexibility index (Phi) is 3.98. The van der Waals surface area contributed by atoms with E-state index < -0.39 is 0 Å². The third-order valence-corrected chi connectivity index (χ3v) is 4.77. The van der Waals surface area contributed by atoms with Crippen LogP contribution in [-0.4, -0.2) is 47.6 Å². The summed E-state index contributed by atoms with van der Waals surface area (Å²) in [6.45, 7) is 2.58. The Balaban J connectivity index is 1.54. The van der Waals surface area contributed by atoms with E-state index in [1.807, 2.05) is 29.2 Å². The topological polar surface area (TPSA) is 67.5 Å². The number of H-pyrrole nitrogens is 1. The van der Waals surface area contributed by atoms with E-state index in [0.717, 1.165) is 47.9 Å². The van der Waals surface area contributed by atoms with E-state index in [4.69, 9.17) is 14.5 Å². The number of aromatic nitrogens is 2. The number of benzene rings is 1. The molecule has 24 heavy (non-hydrogen) atoms. The number of rotatable bonds is 3. The first-order valence-corrected chi connectivity index (χ1v) is 8.33. The van der Waals surface area contributed by atoms with Crippen LogP contribution < -0.4 is 4.74 Å².